The van der Waals surface area contributed by atoms with Gasteiger partial charge in [0.2, 0.25) is 0 Å². The maximum atomic E-state index is 12.6. The van der Waals surface area contributed by atoms with Crippen molar-refractivity contribution < 1.29 is 48.4 Å². The fourth-order valence-corrected chi connectivity index (χ4v) is 7.45. The Morgan fingerprint density at radius 2 is 0.830 bits per heavy atom. The molecule has 4 N–H and O–H groups in total. The Balaban J connectivity index is 4.31. The molecule has 0 heterocycles. The van der Waals surface area contributed by atoms with Crippen LogP contribution < -0.4 is 0 Å². The number of carbonyl (C=O) groups is 2. The maximum Gasteiger partial charge on any atom is 0.356 e. The molecule has 3 atom stereocenters. The molecule has 0 aliphatic carbocycles. The number of hydrogen-bond donors (Lipinski definition) is 4. The van der Waals surface area contributed by atoms with Gasteiger partial charge in [0, 0.05) is 12.8 Å². The van der Waals surface area contributed by atoms with Crippen LogP contribution >= 0.6 is 7.60 Å². The molecule has 0 radical (unpaired) electrons. The zero-order valence-corrected chi connectivity index (χ0v) is 35.1. The molecule has 0 amide bonds. The zero-order chi connectivity index (χ0) is 39.3. The first-order valence-corrected chi connectivity index (χ1v) is 23.6. The summed E-state index contributed by atoms with van der Waals surface area (Å²) in [5.74, 6) is -2.95. The summed E-state index contributed by atoms with van der Waals surface area (Å²) in [7, 11) is -4.94. The smallest absolute Gasteiger partial charge is 0.356 e. The standard InChI is InChI=1S/C42H83O10P/c1-3-5-7-9-11-13-15-17-19-21-23-25-27-29-31-33-40(45)50-36-38(37-51-42(39(44)35-43)53(47,48)49)52-41(46)34-32-30-28-26-24-22-20-18-16-14-12-10-8-6-4-2/h38-39,42-44H,3-37H2,1-2H3,(H2,47,48,49)/t38-,39-,42+/m1/s1. The van der Waals surface area contributed by atoms with E-state index in [1.54, 1.807) is 0 Å². The van der Waals surface area contributed by atoms with Crippen molar-refractivity contribution in [1.82, 2.24) is 0 Å². The van der Waals surface area contributed by atoms with Gasteiger partial charge in [0.25, 0.3) is 0 Å². The van der Waals surface area contributed by atoms with Gasteiger partial charge in [0.15, 0.2) is 11.9 Å². The fraction of sp³-hybridized carbons (Fsp3) is 0.952. The molecule has 0 fully saturated rings. The van der Waals surface area contributed by atoms with Crippen molar-refractivity contribution in [1.29, 1.82) is 0 Å². The molecule has 0 unspecified atom stereocenters. The Hall–Kier alpha value is -1.03. The van der Waals surface area contributed by atoms with E-state index in [0.717, 1.165) is 38.5 Å². The number of aliphatic hydroxyl groups is 2. The summed E-state index contributed by atoms with van der Waals surface area (Å²) in [4.78, 5) is 44.2. The van der Waals surface area contributed by atoms with E-state index in [0.29, 0.717) is 12.8 Å². The van der Waals surface area contributed by atoms with Crippen LogP contribution in [0.3, 0.4) is 0 Å². The summed E-state index contributed by atoms with van der Waals surface area (Å²) < 4.78 is 27.9. The van der Waals surface area contributed by atoms with Crippen LogP contribution in [0.25, 0.3) is 0 Å². The second-order valence-corrected chi connectivity index (χ2v) is 16.9. The number of unbranched alkanes of at least 4 members (excludes halogenated alkanes) is 28. The van der Waals surface area contributed by atoms with E-state index in [1.165, 1.54) is 141 Å². The zero-order valence-electron chi connectivity index (χ0n) is 34.2. The van der Waals surface area contributed by atoms with Crippen LogP contribution in [0.15, 0.2) is 0 Å². The van der Waals surface area contributed by atoms with Gasteiger partial charge in [-0.1, -0.05) is 194 Å². The summed E-state index contributed by atoms with van der Waals surface area (Å²) in [6, 6.07) is 0. The molecule has 0 saturated carbocycles. The predicted octanol–water partition coefficient (Wildman–Crippen LogP) is 10.8. The van der Waals surface area contributed by atoms with Crippen molar-refractivity contribution in [3.05, 3.63) is 0 Å². The van der Waals surface area contributed by atoms with Crippen LogP contribution in [0.1, 0.15) is 219 Å². The lowest BCUT2D eigenvalue weighted by Gasteiger charge is -2.25. The summed E-state index contributed by atoms with van der Waals surface area (Å²) in [5, 5.41) is 19.1. The van der Waals surface area contributed by atoms with Crippen molar-refractivity contribution >= 4 is 19.5 Å². The van der Waals surface area contributed by atoms with E-state index < -0.39 is 50.8 Å². The van der Waals surface area contributed by atoms with Crippen LogP contribution in [0.4, 0.5) is 0 Å². The third-order valence-electron chi connectivity index (χ3n) is 10.00. The Kier molecular flexibility index (Phi) is 37.1. The number of esters is 2. The topological polar surface area (TPSA) is 160 Å². The lowest BCUT2D eigenvalue weighted by atomic mass is 10.0. The van der Waals surface area contributed by atoms with Gasteiger partial charge in [-0.2, -0.15) is 0 Å². The number of hydrogen-bond acceptors (Lipinski definition) is 8. The third-order valence-corrected chi connectivity index (χ3v) is 11.2. The molecule has 11 heteroatoms. The highest BCUT2D eigenvalue weighted by molar-refractivity contribution is 7.52. The van der Waals surface area contributed by atoms with Gasteiger partial charge in [-0.3, -0.25) is 14.2 Å². The molecule has 53 heavy (non-hydrogen) atoms. The van der Waals surface area contributed by atoms with Crippen LogP contribution in [-0.4, -0.2) is 69.8 Å². The van der Waals surface area contributed by atoms with Gasteiger partial charge in [0.05, 0.1) is 13.2 Å². The average Bonchev–Trinajstić information content (AvgIpc) is 3.13. The molecule has 0 saturated heterocycles. The molecule has 0 bridgehead atoms. The molecule has 0 aromatic rings. The Labute approximate surface area is 324 Å². The summed E-state index contributed by atoms with van der Waals surface area (Å²) in [5.41, 5.74) is 0. The number of carbonyl (C=O) groups excluding carboxylic acids is 2. The summed E-state index contributed by atoms with van der Waals surface area (Å²) >= 11 is 0. The van der Waals surface area contributed by atoms with Crippen molar-refractivity contribution in [2.24, 2.45) is 0 Å². The first kappa shape index (κ1) is 52.0. The molecular weight excluding hydrogens is 695 g/mol. The molecule has 0 spiro atoms. The summed E-state index contributed by atoms with van der Waals surface area (Å²) in [6.45, 7) is 2.74. The monoisotopic (exact) mass is 779 g/mol. The lowest BCUT2D eigenvalue weighted by Crippen LogP contribution is -2.37. The SMILES string of the molecule is CCCCCCCCCCCCCCCCCC(=O)OC[C@H](CO[C@H]([C@H](O)CO)P(=O)(O)O)OC(=O)CCCCCCCCCCCCCCCCC. The molecule has 10 nitrogen and oxygen atoms in total. The highest BCUT2D eigenvalue weighted by Crippen LogP contribution is 2.43. The minimum absolute atomic E-state index is 0.170. The van der Waals surface area contributed by atoms with E-state index >= 15 is 0 Å². The van der Waals surface area contributed by atoms with E-state index in [1.807, 2.05) is 0 Å². The lowest BCUT2D eigenvalue weighted by molar-refractivity contribution is -0.164. The number of aliphatic hydroxyl groups excluding tert-OH is 2. The Morgan fingerprint density at radius 3 is 1.15 bits per heavy atom. The predicted molar refractivity (Wildman–Crippen MR) is 215 cm³/mol. The molecule has 0 aromatic carbocycles. The molecule has 0 aliphatic heterocycles. The molecule has 0 aliphatic rings. The minimum Gasteiger partial charge on any atom is -0.462 e. The van der Waals surface area contributed by atoms with Crippen molar-refractivity contribution in [2.75, 3.05) is 19.8 Å². The minimum atomic E-state index is -4.94. The second kappa shape index (κ2) is 37.9. The average molecular weight is 779 g/mol. The van der Waals surface area contributed by atoms with Crippen molar-refractivity contribution in [2.45, 2.75) is 237 Å². The normalized spacial score (nSPS) is 13.5. The van der Waals surface area contributed by atoms with E-state index in [9.17, 15) is 34.2 Å². The largest absolute Gasteiger partial charge is 0.462 e. The summed E-state index contributed by atoms with van der Waals surface area (Å²) in [6.07, 6.45) is 34.1. The molecule has 0 rings (SSSR count). The van der Waals surface area contributed by atoms with Gasteiger partial charge >= 0.3 is 19.5 Å². The van der Waals surface area contributed by atoms with Crippen LogP contribution in [0.5, 0.6) is 0 Å². The van der Waals surface area contributed by atoms with Crippen molar-refractivity contribution in [3.8, 4) is 0 Å². The van der Waals surface area contributed by atoms with E-state index in [2.05, 4.69) is 13.8 Å². The van der Waals surface area contributed by atoms with E-state index in [-0.39, 0.29) is 19.4 Å². The number of ether oxygens (including phenoxy) is 3. The Bertz CT molecular complexity index is 867. The van der Waals surface area contributed by atoms with E-state index in [4.69, 9.17) is 14.2 Å². The van der Waals surface area contributed by atoms with Crippen LogP contribution in [-0.2, 0) is 28.4 Å². The van der Waals surface area contributed by atoms with Crippen molar-refractivity contribution in [3.63, 3.8) is 0 Å². The molecule has 0 aromatic heterocycles. The molecule has 316 valence electrons. The van der Waals surface area contributed by atoms with Gasteiger partial charge in [0.1, 0.15) is 12.7 Å². The quantitative estimate of drug-likeness (QED) is 0.0267. The fourth-order valence-electron chi connectivity index (χ4n) is 6.63. The van der Waals surface area contributed by atoms with Gasteiger partial charge in [-0.05, 0) is 12.8 Å². The van der Waals surface area contributed by atoms with Crippen LogP contribution in [0, 0.1) is 0 Å². The Morgan fingerprint density at radius 1 is 0.509 bits per heavy atom. The second-order valence-electron chi connectivity index (χ2n) is 15.3. The highest BCUT2D eigenvalue weighted by Gasteiger charge is 2.37. The van der Waals surface area contributed by atoms with Gasteiger partial charge in [-0.25, -0.2) is 0 Å². The highest BCUT2D eigenvalue weighted by atomic mass is 31.2. The first-order valence-electron chi connectivity index (χ1n) is 22.0. The first-order chi connectivity index (χ1) is 25.6. The van der Waals surface area contributed by atoms with Gasteiger partial charge < -0.3 is 34.2 Å². The van der Waals surface area contributed by atoms with Crippen LogP contribution in [0.2, 0.25) is 0 Å². The maximum absolute atomic E-state index is 12.6. The number of rotatable bonds is 41. The molecular formula is C42H83O10P. The third kappa shape index (κ3) is 35.1. The van der Waals surface area contributed by atoms with Gasteiger partial charge in [-0.15, -0.1) is 0 Å².